The Morgan fingerprint density at radius 1 is 1.15 bits per heavy atom. The van der Waals surface area contributed by atoms with E-state index in [0.717, 1.165) is 16.7 Å². The SMILES string of the molecule is OCC(O)CN1CCc2c(cc(O)c(O)c2Cl)C(c2ccc(O)cc2)C1. The highest BCUT2D eigenvalue weighted by atomic mass is 35.5. The van der Waals surface area contributed by atoms with Crippen LogP contribution in [-0.2, 0) is 6.42 Å². The summed E-state index contributed by atoms with van der Waals surface area (Å²) in [6.45, 7) is 1.10. The normalized spacial score (nSPS) is 19.0. The van der Waals surface area contributed by atoms with E-state index < -0.39 is 6.10 Å². The van der Waals surface area contributed by atoms with Crippen molar-refractivity contribution in [3.8, 4) is 17.2 Å². The van der Waals surface area contributed by atoms with Crippen molar-refractivity contribution in [3.05, 3.63) is 52.0 Å². The summed E-state index contributed by atoms with van der Waals surface area (Å²) in [5, 5.41) is 48.7. The van der Waals surface area contributed by atoms with Crippen LogP contribution in [0.5, 0.6) is 17.2 Å². The lowest BCUT2D eigenvalue weighted by atomic mass is 9.87. The van der Waals surface area contributed by atoms with E-state index in [9.17, 15) is 20.4 Å². The second kappa shape index (κ2) is 7.72. The lowest BCUT2D eigenvalue weighted by Gasteiger charge is -2.27. The average molecular weight is 380 g/mol. The number of benzene rings is 2. The summed E-state index contributed by atoms with van der Waals surface area (Å²) in [5.74, 6) is -0.634. The zero-order valence-electron chi connectivity index (χ0n) is 14.1. The third-order valence-corrected chi connectivity index (χ3v) is 5.23. The molecular weight excluding hydrogens is 358 g/mol. The van der Waals surface area contributed by atoms with Crippen molar-refractivity contribution in [3.63, 3.8) is 0 Å². The van der Waals surface area contributed by atoms with Crippen LogP contribution in [0, 0.1) is 0 Å². The van der Waals surface area contributed by atoms with Crippen LogP contribution in [0.1, 0.15) is 22.6 Å². The lowest BCUT2D eigenvalue weighted by Crippen LogP contribution is -2.37. The average Bonchev–Trinajstić information content (AvgIpc) is 2.80. The molecule has 2 aromatic carbocycles. The molecule has 1 aliphatic rings. The smallest absolute Gasteiger partial charge is 0.176 e. The first-order valence-corrected chi connectivity index (χ1v) is 8.82. The predicted molar refractivity (Wildman–Crippen MR) is 98.0 cm³/mol. The van der Waals surface area contributed by atoms with Crippen LogP contribution >= 0.6 is 11.6 Å². The monoisotopic (exact) mass is 379 g/mol. The Balaban J connectivity index is 2.06. The quantitative estimate of drug-likeness (QED) is 0.519. The first-order chi connectivity index (χ1) is 12.4. The standard InChI is InChI=1S/C19H22ClNO5/c20-18-14-5-6-21(8-13(24)10-22)9-16(11-1-3-12(23)4-2-11)15(14)7-17(25)19(18)26/h1-4,7,13,16,22-26H,5-6,8-10H2. The number of phenolic OH excluding ortho intramolecular Hbond substituents is 3. The van der Waals surface area contributed by atoms with E-state index in [1.54, 1.807) is 24.3 Å². The maximum Gasteiger partial charge on any atom is 0.176 e. The second-order valence-electron chi connectivity index (χ2n) is 6.62. The van der Waals surface area contributed by atoms with Crippen molar-refractivity contribution in [1.29, 1.82) is 0 Å². The maximum absolute atomic E-state index is 10.0. The van der Waals surface area contributed by atoms with Gasteiger partial charge in [-0.15, -0.1) is 0 Å². The summed E-state index contributed by atoms with van der Waals surface area (Å²) >= 11 is 6.29. The van der Waals surface area contributed by atoms with Gasteiger partial charge in [0.2, 0.25) is 0 Å². The summed E-state index contributed by atoms with van der Waals surface area (Å²) in [4.78, 5) is 2.02. The molecule has 0 bridgehead atoms. The Kier molecular flexibility index (Phi) is 5.58. The number of aliphatic hydroxyl groups is 2. The summed E-state index contributed by atoms with van der Waals surface area (Å²) in [5.41, 5.74) is 2.47. The molecule has 2 unspecified atom stereocenters. The third-order valence-electron chi connectivity index (χ3n) is 4.83. The molecule has 0 aromatic heterocycles. The molecule has 0 saturated carbocycles. The van der Waals surface area contributed by atoms with E-state index in [1.807, 2.05) is 4.90 Å². The van der Waals surface area contributed by atoms with Gasteiger partial charge in [0.05, 0.1) is 17.7 Å². The van der Waals surface area contributed by atoms with E-state index >= 15 is 0 Å². The van der Waals surface area contributed by atoms with E-state index in [-0.39, 0.29) is 34.8 Å². The highest BCUT2D eigenvalue weighted by Crippen LogP contribution is 2.43. The third kappa shape index (κ3) is 3.73. The largest absolute Gasteiger partial charge is 0.508 e. The van der Waals surface area contributed by atoms with Gasteiger partial charge in [-0.25, -0.2) is 0 Å². The minimum Gasteiger partial charge on any atom is -0.508 e. The molecule has 3 rings (SSSR count). The number of phenols is 3. The number of aromatic hydroxyl groups is 3. The fraction of sp³-hybridized carbons (Fsp3) is 0.368. The Labute approximate surface area is 156 Å². The molecule has 26 heavy (non-hydrogen) atoms. The van der Waals surface area contributed by atoms with Crippen molar-refractivity contribution in [2.75, 3.05) is 26.2 Å². The predicted octanol–water partition coefficient (Wildman–Crippen LogP) is 1.80. The van der Waals surface area contributed by atoms with Gasteiger partial charge in [0.1, 0.15) is 5.75 Å². The van der Waals surface area contributed by atoms with E-state index in [1.165, 1.54) is 6.07 Å². The van der Waals surface area contributed by atoms with Crippen molar-refractivity contribution in [2.24, 2.45) is 0 Å². The number of nitrogens with zero attached hydrogens (tertiary/aromatic N) is 1. The minimum absolute atomic E-state index is 0.133. The van der Waals surface area contributed by atoms with Crippen LogP contribution in [-0.4, -0.2) is 62.8 Å². The van der Waals surface area contributed by atoms with Crippen molar-refractivity contribution >= 4 is 11.6 Å². The molecule has 0 amide bonds. The van der Waals surface area contributed by atoms with Gasteiger partial charge in [0.25, 0.3) is 0 Å². The topological polar surface area (TPSA) is 104 Å². The van der Waals surface area contributed by atoms with E-state index in [2.05, 4.69) is 0 Å². The van der Waals surface area contributed by atoms with Crippen LogP contribution in [0.4, 0.5) is 0 Å². The van der Waals surface area contributed by atoms with Crippen LogP contribution in [0.3, 0.4) is 0 Å². The van der Waals surface area contributed by atoms with Gasteiger partial charge in [-0.3, -0.25) is 4.90 Å². The second-order valence-corrected chi connectivity index (χ2v) is 6.99. The highest BCUT2D eigenvalue weighted by Gasteiger charge is 2.29. The lowest BCUT2D eigenvalue weighted by molar-refractivity contribution is 0.0593. The Hall–Kier alpha value is -1.99. The van der Waals surface area contributed by atoms with Crippen LogP contribution in [0.2, 0.25) is 5.02 Å². The first-order valence-electron chi connectivity index (χ1n) is 8.44. The molecule has 2 atom stereocenters. The summed E-state index contributed by atoms with van der Waals surface area (Å²) in [6.07, 6.45) is -0.316. The molecule has 6 nitrogen and oxygen atoms in total. The molecule has 0 fully saturated rings. The van der Waals surface area contributed by atoms with Gasteiger partial charge in [0, 0.05) is 25.6 Å². The molecule has 140 valence electrons. The van der Waals surface area contributed by atoms with Gasteiger partial charge in [0.15, 0.2) is 11.5 Å². The van der Waals surface area contributed by atoms with E-state index in [0.29, 0.717) is 26.1 Å². The molecule has 0 spiro atoms. The maximum atomic E-state index is 10.0. The molecule has 2 aromatic rings. The first kappa shape index (κ1) is 18.8. The van der Waals surface area contributed by atoms with Gasteiger partial charge in [-0.05, 0) is 41.3 Å². The number of fused-ring (bicyclic) bond motifs is 1. The van der Waals surface area contributed by atoms with Crippen LogP contribution in [0.25, 0.3) is 0 Å². The molecule has 7 heteroatoms. The molecule has 0 saturated heterocycles. The Morgan fingerprint density at radius 3 is 2.50 bits per heavy atom. The van der Waals surface area contributed by atoms with Crippen molar-refractivity contribution in [1.82, 2.24) is 4.90 Å². The minimum atomic E-state index is -0.853. The number of halogens is 1. The number of β-amino-alcohol motifs (C(OH)–C–C–N with tert-alkyl or cyclic N) is 1. The van der Waals surface area contributed by atoms with Crippen LogP contribution in [0.15, 0.2) is 30.3 Å². The Morgan fingerprint density at radius 2 is 1.85 bits per heavy atom. The van der Waals surface area contributed by atoms with Gasteiger partial charge in [-0.1, -0.05) is 23.7 Å². The van der Waals surface area contributed by atoms with Gasteiger partial charge >= 0.3 is 0 Å². The fourth-order valence-electron chi connectivity index (χ4n) is 3.48. The molecule has 1 heterocycles. The van der Waals surface area contributed by atoms with Gasteiger partial charge in [-0.2, -0.15) is 0 Å². The number of hydrogen-bond acceptors (Lipinski definition) is 6. The summed E-state index contributed by atoms with van der Waals surface area (Å²) in [6, 6.07) is 8.31. The molecular formula is C19H22ClNO5. The zero-order valence-corrected chi connectivity index (χ0v) is 14.9. The van der Waals surface area contributed by atoms with Crippen molar-refractivity contribution in [2.45, 2.75) is 18.4 Å². The zero-order chi connectivity index (χ0) is 18.8. The molecule has 0 radical (unpaired) electrons. The molecule has 0 aliphatic carbocycles. The van der Waals surface area contributed by atoms with Gasteiger partial charge < -0.3 is 25.5 Å². The molecule has 1 aliphatic heterocycles. The summed E-state index contributed by atoms with van der Waals surface area (Å²) in [7, 11) is 0. The van der Waals surface area contributed by atoms with Crippen molar-refractivity contribution < 1.29 is 25.5 Å². The summed E-state index contributed by atoms with van der Waals surface area (Å²) < 4.78 is 0. The fourth-order valence-corrected chi connectivity index (χ4v) is 3.78. The van der Waals surface area contributed by atoms with Crippen LogP contribution < -0.4 is 0 Å². The molecule has 5 N–H and O–H groups in total. The highest BCUT2D eigenvalue weighted by molar-refractivity contribution is 6.33. The number of aliphatic hydroxyl groups excluding tert-OH is 2. The number of rotatable bonds is 4. The Bertz CT molecular complexity index is 780. The number of hydrogen-bond donors (Lipinski definition) is 5. The van der Waals surface area contributed by atoms with E-state index in [4.69, 9.17) is 16.7 Å².